The molecule has 10 heteroatoms. The zero-order valence-corrected chi connectivity index (χ0v) is 36.8. The van der Waals surface area contributed by atoms with Crippen molar-refractivity contribution < 1.29 is 28.5 Å². The van der Waals surface area contributed by atoms with Gasteiger partial charge in [0.05, 0.1) is 49.8 Å². The summed E-state index contributed by atoms with van der Waals surface area (Å²) in [5, 5.41) is 0. The highest BCUT2D eigenvalue weighted by Gasteiger charge is 2.16. The zero-order chi connectivity index (χ0) is 42.5. The molecule has 2 aromatic carbocycles. The highest BCUT2D eigenvalue weighted by Crippen LogP contribution is 2.23. The van der Waals surface area contributed by atoms with E-state index in [-0.39, 0.29) is 23.8 Å². The quantitative estimate of drug-likeness (QED) is 0.0327. The fraction of sp³-hybridized carbons (Fsp3) is 0.551. The zero-order valence-electron chi connectivity index (χ0n) is 36.8. The van der Waals surface area contributed by atoms with Crippen LogP contribution in [0.5, 0.6) is 23.0 Å². The van der Waals surface area contributed by atoms with Crippen LogP contribution in [0.2, 0.25) is 0 Å². The number of esters is 2. The van der Waals surface area contributed by atoms with E-state index >= 15 is 0 Å². The van der Waals surface area contributed by atoms with Crippen LogP contribution in [0, 0.1) is 11.8 Å². The molecule has 2 aromatic heterocycles. The molecule has 0 saturated carbocycles. The minimum Gasteiger partial charge on any atom is -0.490 e. The second kappa shape index (κ2) is 29.4. The Balaban J connectivity index is 0.000000316. The summed E-state index contributed by atoms with van der Waals surface area (Å²) >= 11 is 0. The maximum absolute atomic E-state index is 12.0. The number of benzene rings is 2. The molecule has 59 heavy (non-hydrogen) atoms. The Hall–Kier alpha value is -4.86. The van der Waals surface area contributed by atoms with Crippen LogP contribution in [0.25, 0.3) is 22.8 Å². The summed E-state index contributed by atoms with van der Waals surface area (Å²) in [6, 6.07) is 14.6. The predicted octanol–water partition coefficient (Wildman–Crippen LogP) is 12.8. The molecule has 2 atom stereocenters. The highest BCUT2D eigenvalue weighted by molar-refractivity contribution is 5.75. The molecule has 4 rings (SSSR count). The van der Waals surface area contributed by atoms with E-state index in [1.165, 1.54) is 70.6 Å². The number of carbonyl (C=O) groups is 2. The maximum atomic E-state index is 12.0. The van der Waals surface area contributed by atoms with Gasteiger partial charge in [-0.25, -0.2) is 19.9 Å². The molecular weight excluding hydrogens is 741 g/mol. The molecule has 0 amide bonds. The minimum atomic E-state index is -0.192. The van der Waals surface area contributed by atoms with E-state index in [0.717, 1.165) is 49.7 Å². The summed E-state index contributed by atoms with van der Waals surface area (Å²) in [6.07, 6.45) is 26.7. The molecule has 0 bridgehead atoms. The summed E-state index contributed by atoms with van der Waals surface area (Å²) in [6.45, 7) is 13.8. The normalized spacial score (nSPS) is 11.8. The van der Waals surface area contributed by atoms with Crippen molar-refractivity contribution in [3.05, 3.63) is 73.3 Å². The molecule has 0 spiro atoms. The molecule has 0 N–H and O–H groups in total. The third-order valence-electron chi connectivity index (χ3n) is 9.95. The fourth-order valence-corrected chi connectivity index (χ4v) is 6.28. The van der Waals surface area contributed by atoms with Gasteiger partial charge in [-0.2, -0.15) is 0 Å². The van der Waals surface area contributed by atoms with Crippen LogP contribution in [0.3, 0.4) is 0 Å². The monoisotopic (exact) mass is 811 g/mol. The lowest BCUT2D eigenvalue weighted by atomic mass is 10.1. The van der Waals surface area contributed by atoms with Gasteiger partial charge in [-0.15, -0.1) is 0 Å². The lowest BCUT2D eigenvalue weighted by Crippen LogP contribution is -2.17. The van der Waals surface area contributed by atoms with Gasteiger partial charge in [-0.05, 0) is 74.2 Å². The van der Waals surface area contributed by atoms with Crippen molar-refractivity contribution in [1.29, 1.82) is 0 Å². The fourth-order valence-electron chi connectivity index (χ4n) is 6.28. The highest BCUT2D eigenvalue weighted by atomic mass is 16.5. The Bertz CT molecular complexity index is 1700. The van der Waals surface area contributed by atoms with Crippen LogP contribution in [-0.2, 0) is 9.59 Å². The van der Waals surface area contributed by atoms with E-state index in [9.17, 15) is 9.59 Å². The first-order chi connectivity index (χ1) is 28.8. The number of hydrogen-bond donors (Lipinski definition) is 0. The molecule has 4 aromatic rings. The molecule has 0 aliphatic heterocycles. The first-order valence-corrected chi connectivity index (χ1v) is 22.3. The van der Waals surface area contributed by atoms with E-state index in [1.807, 2.05) is 38.1 Å². The third kappa shape index (κ3) is 19.6. The minimum absolute atomic E-state index is 0.0908. The van der Waals surface area contributed by atoms with Gasteiger partial charge in [-0.1, -0.05) is 125 Å². The van der Waals surface area contributed by atoms with E-state index in [4.69, 9.17) is 18.9 Å². The first-order valence-electron chi connectivity index (χ1n) is 22.3. The third-order valence-corrected chi connectivity index (χ3v) is 9.95. The average Bonchev–Trinajstić information content (AvgIpc) is 3.25. The van der Waals surface area contributed by atoms with E-state index in [1.54, 1.807) is 49.1 Å². The largest absolute Gasteiger partial charge is 0.490 e. The van der Waals surface area contributed by atoms with Gasteiger partial charge in [0.2, 0.25) is 0 Å². The van der Waals surface area contributed by atoms with Crippen molar-refractivity contribution >= 4 is 11.9 Å². The van der Waals surface area contributed by atoms with Gasteiger partial charge in [-0.3, -0.25) is 9.59 Å². The number of carbonyl (C=O) groups excluding carboxylic acids is 2. The smallest absolute Gasteiger partial charge is 0.314 e. The molecule has 0 aliphatic carbocycles. The summed E-state index contributed by atoms with van der Waals surface area (Å²) in [5.41, 5.74) is 1.74. The van der Waals surface area contributed by atoms with Crippen LogP contribution in [-0.4, -0.2) is 45.1 Å². The number of ether oxygens (including phenoxy) is 4. The Kier molecular flexibility index (Phi) is 24.1. The SMILES string of the molecule is CCCCCCCCCOc1cnc(-c2ccc(OC(=O)C(C)CCC)cc2)nc1.CCCCCCCCOc1cnc(-c2ccc(OC(=O)C(C)CCC)cc2)nc1. The van der Waals surface area contributed by atoms with Crippen molar-refractivity contribution in [2.75, 3.05) is 13.2 Å². The average molecular weight is 811 g/mol. The Labute approximate surface area is 354 Å². The van der Waals surface area contributed by atoms with Gasteiger partial charge in [0.15, 0.2) is 23.1 Å². The van der Waals surface area contributed by atoms with Crippen LogP contribution in [0.1, 0.15) is 151 Å². The van der Waals surface area contributed by atoms with Crippen LogP contribution >= 0.6 is 0 Å². The molecule has 10 nitrogen and oxygen atoms in total. The lowest BCUT2D eigenvalue weighted by Gasteiger charge is -2.10. The number of hydrogen-bond acceptors (Lipinski definition) is 10. The van der Waals surface area contributed by atoms with Gasteiger partial charge in [0, 0.05) is 11.1 Å². The maximum Gasteiger partial charge on any atom is 0.314 e. The van der Waals surface area contributed by atoms with Gasteiger partial charge in [0.25, 0.3) is 0 Å². The number of nitrogens with zero attached hydrogens (tertiary/aromatic N) is 4. The van der Waals surface area contributed by atoms with E-state index < -0.39 is 0 Å². The first kappa shape index (κ1) is 48.5. The molecular formula is C49H70N4O6. The molecule has 0 radical (unpaired) electrons. The Morgan fingerprint density at radius 2 is 0.763 bits per heavy atom. The van der Waals surface area contributed by atoms with E-state index in [2.05, 4.69) is 47.6 Å². The molecule has 322 valence electrons. The number of rotatable bonds is 27. The van der Waals surface area contributed by atoms with Crippen molar-refractivity contribution in [1.82, 2.24) is 19.9 Å². The predicted molar refractivity (Wildman–Crippen MR) is 237 cm³/mol. The molecule has 0 fully saturated rings. The second-order valence-electron chi connectivity index (χ2n) is 15.3. The number of unbranched alkanes of at least 4 members (excludes halogenated alkanes) is 11. The Morgan fingerprint density at radius 1 is 0.441 bits per heavy atom. The van der Waals surface area contributed by atoms with Crippen LogP contribution < -0.4 is 18.9 Å². The standard InChI is InChI=1S/C25H36N2O3.C24H34N2O3/c1-4-6-7-8-9-10-11-17-29-23-18-26-24(27-19-23)21-13-15-22(16-14-21)30-25(28)20(3)12-5-2;1-4-6-7-8-9-10-16-28-22-17-25-23(26-18-22)20-12-14-21(15-13-20)29-24(27)19(3)11-5-2/h13-16,18-20H,4-12,17H2,1-3H3;12-15,17-19H,4-11,16H2,1-3H3. The molecule has 0 saturated heterocycles. The van der Waals surface area contributed by atoms with Gasteiger partial charge >= 0.3 is 11.9 Å². The van der Waals surface area contributed by atoms with Crippen molar-refractivity contribution in [3.8, 4) is 45.8 Å². The second-order valence-corrected chi connectivity index (χ2v) is 15.3. The molecule has 0 aliphatic rings. The summed E-state index contributed by atoms with van der Waals surface area (Å²) in [4.78, 5) is 41.6. The lowest BCUT2D eigenvalue weighted by molar-refractivity contribution is -0.139. The van der Waals surface area contributed by atoms with Crippen LogP contribution in [0.15, 0.2) is 73.3 Å². The summed E-state index contributed by atoms with van der Waals surface area (Å²) < 4.78 is 22.3. The molecule has 2 unspecified atom stereocenters. The van der Waals surface area contributed by atoms with Gasteiger partial charge < -0.3 is 18.9 Å². The van der Waals surface area contributed by atoms with Gasteiger partial charge in [0.1, 0.15) is 11.5 Å². The van der Waals surface area contributed by atoms with Crippen molar-refractivity contribution in [2.24, 2.45) is 11.8 Å². The van der Waals surface area contributed by atoms with Crippen LogP contribution in [0.4, 0.5) is 0 Å². The van der Waals surface area contributed by atoms with Crippen molar-refractivity contribution in [3.63, 3.8) is 0 Å². The summed E-state index contributed by atoms with van der Waals surface area (Å²) in [5.74, 6) is 3.15. The number of aromatic nitrogens is 4. The Morgan fingerprint density at radius 3 is 1.08 bits per heavy atom. The molecule has 2 heterocycles. The topological polar surface area (TPSA) is 123 Å². The van der Waals surface area contributed by atoms with E-state index in [0.29, 0.717) is 47.9 Å². The summed E-state index contributed by atoms with van der Waals surface area (Å²) in [7, 11) is 0. The van der Waals surface area contributed by atoms with Crippen molar-refractivity contribution in [2.45, 2.75) is 151 Å².